The van der Waals surface area contributed by atoms with Gasteiger partial charge in [-0.1, -0.05) is 23.2 Å². The van der Waals surface area contributed by atoms with E-state index in [1.165, 1.54) is 25.0 Å². The van der Waals surface area contributed by atoms with Gasteiger partial charge in [-0.3, -0.25) is 4.79 Å². The van der Waals surface area contributed by atoms with Crippen molar-refractivity contribution in [3.05, 3.63) is 28.0 Å². The van der Waals surface area contributed by atoms with Crippen molar-refractivity contribution in [3.8, 4) is 0 Å². The summed E-state index contributed by atoms with van der Waals surface area (Å²) in [6.45, 7) is 0.733. The molecule has 0 atom stereocenters. The molecule has 0 unspecified atom stereocenters. The van der Waals surface area contributed by atoms with Crippen LogP contribution in [-0.2, 0) is 0 Å². The Labute approximate surface area is 97.8 Å². The molecule has 1 heterocycles. The highest BCUT2D eigenvalue weighted by molar-refractivity contribution is 6.33. The topological polar surface area (TPSA) is 42.0 Å². The molecule has 1 aromatic rings. The molecule has 0 spiro atoms. The van der Waals surface area contributed by atoms with E-state index < -0.39 is 0 Å². The van der Waals surface area contributed by atoms with Crippen LogP contribution in [0.5, 0.6) is 0 Å². The molecular weight excluding hydrogens is 235 g/mol. The van der Waals surface area contributed by atoms with Gasteiger partial charge in [-0.2, -0.15) is 0 Å². The molecule has 1 aromatic heterocycles. The van der Waals surface area contributed by atoms with Crippen molar-refractivity contribution in [2.75, 3.05) is 6.54 Å². The molecule has 2 rings (SSSR count). The first-order valence-electron chi connectivity index (χ1n) is 4.76. The number of aromatic nitrogens is 1. The van der Waals surface area contributed by atoms with Crippen LogP contribution in [0, 0.1) is 5.92 Å². The molecule has 0 radical (unpaired) electrons. The van der Waals surface area contributed by atoms with Crippen LogP contribution in [0.2, 0.25) is 10.3 Å². The normalized spacial score (nSPS) is 15.1. The maximum Gasteiger partial charge on any atom is 0.251 e. The van der Waals surface area contributed by atoms with Crippen molar-refractivity contribution < 1.29 is 4.79 Å². The van der Waals surface area contributed by atoms with E-state index in [0.717, 1.165) is 6.54 Å². The number of amides is 1. The average molecular weight is 245 g/mol. The summed E-state index contributed by atoms with van der Waals surface area (Å²) in [6.07, 6.45) is 2.41. The Balaban J connectivity index is 2.02. The summed E-state index contributed by atoms with van der Waals surface area (Å²) >= 11 is 11.4. The van der Waals surface area contributed by atoms with Gasteiger partial charge in [0.15, 0.2) is 0 Å². The fourth-order valence-corrected chi connectivity index (χ4v) is 1.72. The van der Waals surface area contributed by atoms with Gasteiger partial charge in [0.2, 0.25) is 0 Å². The lowest BCUT2D eigenvalue weighted by Crippen LogP contribution is -2.25. The molecule has 1 N–H and O–H groups in total. The zero-order valence-corrected chi connectivity index (χ0v) is 9.48. The Morgan fingerprint density at radius 2 is 2.00 bits per heavy atom. The van der Waals surface area contributed by atoms with Gasteiger partial charge >= 0.3 is 0 Å². The lowest BCUT2D eigenvalue weighted by atomic mass is 10.2. The number of halogens is 2. The quantitative estimate of drug-likeness (QED) is 0.831. The zero-order valence-electron chi connectivity index (χ0n) is 7.96. The summed E-state index contributed by atoms with van der Waals surface area (Å²) in [7, 11) is 0. The van der Waals surface area contributed by atoms with Crippen LogP contribution in [0.4, 0.5) is 0 Å². The molecule has 15 heavy (non-hydrogen) atoms. The maximum atomic E-state index is 11.6. The van der Waals surface area contributed by atoms with Crippen LogP contribution in [0.3, 0.4) is 0 Å². The van der Waals surface area contributed by atoms with E-state index in [2.05, 4.69) is 10.3 Å². The number of nitrogens with zero attached hydrogens (tertiary/aromatic N) is 1. The minimum atomic E-state index is -0.145. The van der Waals surface area contributed by atoms with Crippen LogP contribution < -0.4 is 5.32 Å². The van der Waals surface area contributed by atoms with Gasteiger partial charge in [-0.05, 0) is 30.9 Å². The van der Waals surface area contributed by atoms with Crippen molar-refractivity contribution in [2.24, 2.45) is 5.92 Å². The SMILES string of the molecule is O=C(NCC1CC1)c1cc(Cl)nc(Cl)c1. The van der Waals surface area contributed by atoms with Crippen LogP contribution >= 0.6 is 23.2 Å². The molecule has 1 aliphatic rings. The van der Waals surface area contributed by atoms with Gasteiger partial charge in [-0.25, -0.2) is 4.98 Å². The first-order chi connectivity index (χ1) is 7.15. The minimum Gasteiger partial charge on any atom is -0.352 e. The number of nitrogens with one attached hydrogen (secondary N) is 1. The summed E-state index contributed by atoms with van der Waals surface area (Å²) in [4.78, 5) is 15.4. The molecule has 0 bridgehead atoms. The van der Waals surface area contributed by atoms with E-state index in [9.17, 15) is 4.79 Å². The van der Waals surface area contributed by atoms with Crippen molar-refractivity contribution in [1.82, 2.24) is 10.3 Å². The molecule has 3 nitrogen and oxygen atoms in total. The molecule has 1 saturated carbocycles. The Morgan fingerprint density at radius 1 is 1.40 bits per heavy atom. The Bertz CT molecular complexity index is 371. The number of rotatable bonds is 3. The van der Waals surface area contributed by atoms with Crippen LogP contribution in [0.1, 0.15) is 23.2 Å². The molecule has 5 heteroatoms. The van der Waals surface area contributed by atoms with Gasteiger partial charge in [0, 0.05) is 12.1 Å². The second-order valence-corrected chi connectivity index (χ2v) is 4.43. The molecular formula is C10H10Cl2N2O. The highest BCUT2D eigenvalue weighted by Crippen LogP contribution is 2.27. The summed E-state index contributed by atoms with van der Waals surface area (Å²) in [6, 6.07) is 3.02. The van der Waals surface area contributed by atoms with E-state index in [1.54, 1.807) is 0 Å². The highest BCUT2D eigenvalue weighted by atomic mass is 35.5. The van der Waals surface area contributed by atoms with Crippen LogP contribution in [0.15, 0.2) is 12.1 Å². The summed E-state index contributed by atoms with van der Waals surface area (Å²) in [5, 5.41) is 3.30. The summed E-state index contributed by atoms with van der Waals surface area (Å²) in [5.41, 5.74) is 0.459. The third-order valence-electron chi connectivity index (χ3n) is 2.27. The summed E-state index contributed by atoms with van der Waals surface area (Å²) in [5.74, 6) is 0.509. The molecule has 0 aliphatic heterocycles. The fourth-order valence-electron chi connectivity index (χ4n) is 1.26. The molecule has 1 fully saturated rings. The number of carbonyl (C=O) groups is 1. The van der Waals surface area contributed by atoms with E-state index >= 15 is 0 Å². The molecule has 1 aliphatic carbocycles. The minimum absolute atomic E-state index is 0.145. The molecule has 1 amide bonds. The Kier molecular flexibility index (Phi) is 3.12. The van der Waals surface area contributed by atoms with Gasteiger partial charge < -0.3 is 5.32 Å². The van der Waals surface area contributed by atoms with Gasteiger partial charge in [0.05, 0.1) is 0 Å². The van der Waals surface area contributed by atoms with Gasteiger partial charge in [0.25, 0.3) is 5.91 Å². The summed E-state index contributed by atoms with van der Waals surface area (Å²) < 4.78 is 0. The standard InChI is InChI=1S/C10H10Cl2N2O/c11-8-3-7(4-9(12)14-8)10(15)13-5-6-1-2-6/h3-4,6H,1-2,5H2,(H,13,15). The smallest absolute Gasteiger partial charge is 0.251 e. The molecule has 0 aromatic carbocycles. The second-order valence-electron chi connectivity index (χ2n) is 3.65. The predicted octanol–water partition coefficient (Wildman–Crippen LogP) is 2.53. The lowest BCUT2D eigenvalue weighted by Gasteiger charge is -2.04. The number of carbonyl (C=O) groups excluding carboxylic acids is 1. The van der Waals surface area contributed by atoms with E-state index in [-0.39, 0.29) is 16.2 Å². The predicted molar refractivity (Wildman–Crippen MR) is 59.3 cm³/mol. The van der Waals surface area contributed by atoms with E-state index in [4.69, 9.17) is 23.2 Å². The van der Waals surface area contributed by atoms with Gasteiger partial charge in [0.1, 0.15) is 10.3 Å². The maximum absolute atomic E-state index is 11.6. The van der Waals surface area contributed by atoms with Crippen LogP contribution in [0.25, 0.3) is 0 Å². The molecule has 0 saturated heterocycles. The molecule has 80 valence electrons. The first kappa shape index (κ1) is 10.7. The fraction of sp³-hybridized carbons (Fsp3) is 0.400. The van der Waals surface area contributed by atoms with Crippen molar-refractivity contribution in [1.29, 1.82) is 0 Å². The highest BCUT2D eigenvalue weighted by Gasteiger charge is 2.22. The van der Waals surface area contributed by atoms with Crippen molar-refractivity contribution >= 4 is 29.1 Å². The number of hydrogen-bond acceptors (Lipinski definition) is 2. The lowest BCUT2D eigenvalue weighted by molar-refractivity contribution is 0.0951. The average Bonchev–Trinajstić information content (AvgIpc) is 2.96. The van der Waals surface area contributed by atoms with Gasteiger partial charge in [-0.15, -0.1) is 0 Å². The first-order valence-corrected chi connectivity index (χ1v) is 5.52. The zero-order chi connectivity index (χ0) is 10.8. The van der Waals surface area contributed by atoms with Crippen LogP contribution in [-0.4, -0.2) is 17.4 Å². The third-order valence-corrected chi connectivity index (χ3v) is 2.66. The van der Waals surface area contributed by atoms with E-state index in [0.29, 0.717) is 11.5 Å². The van der Waals surface area contributed by atoms with Crippen molar-refractivity contribution in [3.63, 3.8) is 0 Å². The monoisotopic (exact) mass is 244 g/mol. The number of hydrogen-bond donors (Lipinski definition) is 1. The third kappa shape index (κ3) is 3.08. The second kappa shape index (κ2) is 4.37. The van der Waals surface area contributed by atoms with E-state index in [1.807, 2.05) is 0 Å². The largest absolute Gasteiger partial charge is 0.352 e. The van der Waals surface area contributed by atoms with Crippen molar-refractivity contribution in [2.45, 2.75) is 12.8 Å². The Hall–Kier alpha value is -0.800. The number of pyridine rings is 1. The Morgan fingerprint density at radius 3 is 2.53 bits per heavy atom.